The Bertz CT molecular complexity index is 3900. The van der Waals surface area contributed by atoms with Crippen molar-refractivity contribution in [3.05, 3.63) is 173 Å². The van der Waals surface area contributed by atoms with E-state index in [0.717, 1.165) is 71.7 Å². The van der Waals surface area contributed by atoms with Crippen LogP contribution in [0.5, 0.6) is 51.7 Å². The van der Waals surface area contributed by atoms with Gasteiger partial charge in [0.2, 0.25) is 23.0 Å². The second kappa shape index (κ2) is 20.2. The third-order valence-electron chi connectivity index (χ3n) is 14.7. The number of phenolic OH excluding ortho intramolecular Hbond substituents is 9. The van der Waals surface area contributed by atoms with Gasteiger partial charge in [0.25, 0.3) is 0 Å². The Kier molecular flexibility index (Phi) is 13.8. The van der Waals surface area contributed by atoms with Crippen molar-refractivity contribution in [3.8, 4) is 62.9 Å². The van der Waals surface area contributed by atoms with Crippen molar-refractivity contribution < 1.29 is 50.4 Å². The van der Waals surface area contributed by atoms with Gasteiger partial charge in [0, 0.05) is 39.2 Å². The molecule has 0 fully saturated rings. The summed E-state index contributed by atoms with van der Waals surface area (Å²) in [5.41, 5.74) is 7.44. The maximum Gasteiger partial charge on any atom is 0.208 e. The Morgan fingerprint density at radius 2 is 0.765 bits per heavy atom. The standard InChI is InChI=1S/C66H61BBrN3O10/c1-64(2,3)37-20-26-41(27-21-37)69(42-28-22-38(23-29-42)65(4,5)6)47-32-39(66(7,8)9)33-48(52(47)68)70(40-24-17-35(18-25-40)36-19-30-46-45-15-10-11-16-49(45)81-50(46)31-36)43-13-12-14-44(34-43)71(53-55(72)51(67)56(73)60(77)57(53)74)54-58(75)61(78)63(80)62(79)59(54)76/h10-34,72-80H,1-9H3. The zero-order chi connectivity index (χ0) is 58.4. The molecular formula is C66H61BBrN3O10. The smallest absolute Gasteiger partial charge is 0.208 e. The molecule has 0 unspecified atom stereocenters. The van der Waals surface area contributed by atoms with E-state index in [4.69, 9.17) is 12.3 Å². The lowest BCUT2D eigenvalue weighted by Crippen LogP contribution is -2.19. The van der Waals surface area contributed by atoms with Gasteiger partial charge in [-0.2, -0.15) is 0 Å². The Hall–Kier alpha value is -9.08. The normalized spacial score (nSPS) is 12.1. The van der Waals surface area contributed by atoms with Crippen LogP contribution in [-0.2, 0) is 16.2 Å². The molecule has 10 aromatic rings. The summed E-state index contributed by atoms with van der Waals surface area (Å²) in [6.45, 7) is 19.4. The zero-order valence-corrected chi connectivity index (χ0v) is 47.7. The second-order valence-electron chi connectivity index (χ2n) is 23.3. The number of hydrogen-bond acceptors (Lipinski definition) is 13. The van der Waals surface area contributed by atoms with Crippen molar-refractivity contribution in [2.75, 3.05) is 14.7 Å². The Morgan fingerprint density at radius 1 is 0.358 bits per heavy atom. The number of anilines is 9. The largest absolute Gasteiger partial charge is 0.506 e. The van der Waals surface area contributed by atoms with E-state index in [1.807, 2.05) is 71.6 Å². The Balaban J connectivity index is 1.25. The highest BCUT2D eigenvalue weighted by Crippen LogP contribution is 2.62. The lowest BCUT2D eigenvalue weighted by Gasteiger charge is -2.35. The summed E-state index contributed by atoms with van der Waals surface area (Å²) < 4.78 is 6.93. The molecule has 9 N–H and O–H groups in total. The number of fused-ring (bicyclic) bond motifs is 3. The topological polar surface area (TPSA) is 205 Å². The number of nitrogens with zero attached hydrogens (tertiary/aromatic N) is 3. The van der Waals surface area contributed by atoms with Crippen molar-refractivity contribution in [2.45, 2.75) is 78.6 Å². The predicted molar refractivity (Wildman–Crippen MR) is 327 cm³/mol. The van der Waals surface area contributed by atoms with Crippen molar-refractivity contribution in [2.24, 2.45) is 0 Å². The van der Waals surface area contributed by atoms with Gasteiger partial charge in [-0.25, -0.2) is 0 Å². The molecule has 0 aliphatic heterocycles. The molecule has 0 saturated carbocycles. The van der Waals surface area contributed by atoms with Crippen LogP contribution in [0, 0.1) is 0 Å². The molecule has 81 heavy (non-hydrogen) atoms. The average molecular weight is 1150 g/mol. The molecule has 15 heteroatoms. The molecule has 0 bridgehead atoms. The zero-order valence-electron chi connectivity index (χ0n) is 46.2. The number of furan rings is 1. The number of benzene rings is 9. The summed E-state index contributed by atoms with van der Waals surface area (Å²) in [6.07, 6.45) is 0. The van der Waals surface area contributed by atoms with Gasteiger partial charge in [0.1, 0.15) is 36.1 Å². The summed E-state index contributed by atoms with van der Waals surface area (Å²) in [5, 5.41) is 102. The lowest BCUT2D eigenvalue weighted by molar-refractivity contribution is 0.329. The van der Waals surface area contributed by atoms with Crippen LogP contribution >= 0.6 is 15.9 Å². The molecule has 2 radical (unpaired) electrons. The summed E-state index contributed by atoms with van der Waals surface area (Å²) in [5.74, 6) is -10.8. The Morgan fingerprint density at radius 3 is 1.27 bits per heavy atom. The summed E-state index contributed by atoms with van der Waals surface area (Å²) in [6, 6.07) is 49.6. The minimum atomic E-state index is -1.28. The summed E-state index contributed by atoms with van der Waals surface area (Å²) >= 11 is 4.18. The minimum absolute atomic E-state index is 0.0961. The molecule has 10 rings (SSSR count). The van der Waals surface area contributed by atoms with E-state index < -0.39 is 74.0 Å². The van der Waals surface area contributed by atoms with Crippen molar-refractivity contribution >= 4 is 102 Å². The van der Waals surface area contributed by atoms with E-state index in [-0.39, 0.29) is 16.5 Å². The maximum atomic E-state index is 11.7. The number of hydrogen-bond donors (Lipinski definition) is 9. The highest BCUT2D eigenvalue weighted by atomic mass is 79.9. The van der Waals surface area contributed by atoms with Gasteiger partial charge in [0.15, 0.2) is 23.0 Å². The summed E-state index contributed by atoms with van der Waals surface area (Å²) in [4.78, 5) is 4.98. The van der Waals surface area contributed by atoms with Gasteiger partial charge in [-0.1, -0.05) is 129 Å². The van der Waals surface area contributed by atoms with E-state index in [9.17, 15) is 46.0 Å². The van der Waals surface area contributed by atoms with E-state index in [0.29, 0.717) is 21.5 Å². The molecule has 13 nitrogen and oxygen atoms in total. The quantitative estimate of drug-likeness (QED) is 0.0356. The fourth-order valence-electron chi connectivity index (χ4n) is 10.1. The molecule has 0 amide bonds. The molecule has 1 heterocycles. The van der Waals surface area contributed by atoms with Crippen LogP contribution in [0.1, 0.15) is 79.0 Å². The van der Waals surface area contributed by atoms with Crippen LogP contribution in [0.3, 0.4) is 0 Å². The van der Waals surface area contributed by atoms with Crippen LogP contribution in [0.15, 0.2) is 161 Å². The number of rotatable bonds is 10. The fraction of sp³-hybridized carbons (Fsp3) is 0.182. The predicted octanol–water partition coefficient (Wildman–Crippen LogP) is 16.5. The molecule has 0 saturated heterocycles. The minimum Gasteiger partial charge on any atom is -0.506 e. The monoisotopic (exact) mass is 1150 g/mol. The number of halogens is 1. The van der Waals surface area contributed by atoms with Crippen molar-refractivity contribution in [1.82, 2.24) is 0 Å². The maximum absolute atomic E-state index is 11.7. The van der Waals surface area contributed by atoms with Crippen LogP contribution < -0.4 is 20.2 Å². The van der Waals surface area contributed by atoms with Gasteiger partial charge in [-0.3, -0.25) is 4.90 Å². The van der Waals surface area contributed by atoms with Gasteiger partial charge in [-0.15, -0.1) is 0 Å². The first-order valence-corrected chi connectivity index (χ1v) is 27.0. The molecule has 0 aliphatic rings. The first-order valence-electron chi connectivity index (χ1n) is 26.2. The van der Waals surface area contributed by atoms with Crippen molar-refractivity contribution in [1.29, 1.82) is 0 Å². The number of para-hydroxylation sites is 1. The highest BCUT2D eigenvalue weighted by Gasteiger charge is 2.35. The molecule has 1 aromatic heterocycles. The van der Waals surface area contributed by atoms with Crippen molar-refractivity contribution in [3.63, 3.8) is 0 Å². The first-order chi connectivity index (χ1) is 38.1. The molecule has 0 aliphatic carbocycles. The van der Waals surface area contributed by atoms with E-state index in [1.165, 1.54) is 6.07 Å². The van der Waals surface area contributed by atoms with Crippen LogP contribution in [0.4, 0.5) is 51.2 Å². The molecule has 410 valence electrons. The molecule has 9 aromatic carbocycles. The Labute approximate surface area is 479 Å². The van der Waals surface area contributed by atoms with E-state index in [2.05, 4.69) is 144 Å². The van der Waals surface area contributed by atoms with Gasteiger partial charge in [0.05, 0.1) is 15.8 Å². The fourth-order valence-corrected chi connectivity index (χ4v) is 10.7. The molecule has 0 atom stereocenters. The van der Waals surface area contributed by atoms with Gasteiger partial charge >= 0.3 is 0 Å². The molecule has 0 spiro atoms. The average Bonchev–Trinajstić information content (AvgIpc) is 4.01. The van der Waals surface area contributed by atoms with Gasteiger partial charge in [-0.05, 0) is 150 Å². The highest BCUT2D eigenvalue weighted by molar-refractivity contribution is 9.10. The summed E-state index contributed by atoms with van der Waals surface area (Å²) in [7, 11) is 6.09. The third kappa shape index (κ3) is 9.85. The second-order valence-corrected chi connectivity index (χ2v) is 24.1. The van der Waals surface area contributed by atoms with Gasteiger partial charge < -0.3 is 60.2 Å². The SMILES string of the molecule is [B]c1c(O)c(O)c(O)c(N(c2cccc(N(c3ccc(-c4ccc5c(c4)oc4ccccc45)cc3)c3cc(C(C)(C)C)cc(N(c4ccc(C(C)(C)C)cc4)c4ccc(C(C)(C)C)cc4)c3Br)c2)c2c(O)c(O)c(O)c(O)c2O)c1O. The first kappa shape index (κ1) is 55.2. The van der Waals surface area contributed by atoms with E-state index in [1.54, 1.807) is 18.2 Å². The number of phenols is 9. The number of aromatic hydroxyl groups is 9. The third-order valence-corrected chi connectivity index (χ3v) is 15.6. The molecular weight excluding hydrogens is 1090 g/mol. The van der Waals surface area contributed by atoms with Crippen LogP contribution in [0.25, 0.3) is 33.1 Å². The van der Waals surface area contributed by atoms with E-state index >= 15 is 0 Å². The van der Waals surface area contributed by atoms with Crippen LogP contribution in [0.2, 0.25) is 0 Å². The van der Waals surface area contributed by atoms with Crippen LogP contribution in [-0.4, -0.2) is 53.8 Å². The lowest BCUT2D eigenvalue weighted by atomic mass is 9.85.